The van der Waals surface area contributed by atoms with Crippen LogP contribution >= 0.6 is 22.9 Å². The maximum Gasteiger partial charge on any atom is 0.306 e. The number of fused-ring (bicyclic) bond motifs is 1. The highest BCUT2D eigenvalue weighted by molar-refractivity contribution is 7.19. The highest BCUT2D eigenvalue weighted by atomic mass is 35.5. The predicted molar refractivity (Wildman–Crippen MR) is 111 cm³/mol. The summed E-state index contributed by atoms with van der Waals surface area (Å²) in [6.45, 7) is 0. The number of pyridine rings is 1. The lowest BCUT2D eigenvalue weighted by Gasteiger charge is -2.10. The molecule has 4 aromatic rings. The van der Waals surface area contributed by atoms with Crippen molar-refractivity contribution in [3.63, 3.8) is 0 Å². The first-order chi connectivity index (χ1) is 13.9. The molecule has 0 aliphatic heterocycles. The molecule has 0 aliphatic rings. The van der Waals surface area contributed by atoms with Gasteiger partial charge in [-0.15, -0.1) is 11.3 Å². The Bertz CT molecular complexity index is 1280. The quantitative estimate of drug-likeness (QED) is 0.323. The van der Waals surface area contributed by atoms with Crippen LogP contribution in [0.15, 0.2) is 60.7 Å². The van der Waals surface area contributed by atoms with Crippen molar-refractivity contribution in [2.45, 2.75) is 0 Å². The fourth-order valence-electron chi connectivity index (χ4n) is 2.87. The summed E-state index contributed by atoms with van der Waals surface area (Å²) in [4.78, 5) is 28.4. The van der Waals surface area contributed by atoms with E-state index < -0.39 is 22.3 Å². The lowest BCUT2D eigenvalue weighted by Crippen LogP contribution is -2.13. The first-order valence-corrected chi connectivity index (χ1v) is 9.52. The number of nitrogens with one attached hydrogen (secondary N) is 1. The van der Waals surface area contributed by atoms with Crippen molar-refractivity contribution in [1.82, 2.24) is 4.98 Å². The number of thiophene rings is 1. The summed E-state index contributed by atoms with van der Waals surface area (Å²) in [6, 6.07) is 15.5. The molecule has 2 aromatic heterocycles. The summed E-state index contributed by atoms with van der Waals surface area (Å²) in [5.74, 6) is -1.47. The average Bonchev–Trinajstić information content (AvgIpc) is 3.14. The van der Waals surface area contributed by atoms with E-state index in [1.165, 1.54) is 17.4 Å². The van der Waals surface area contributed by atoms with Crippen molar-refractivity contribution in [3.05, 3.63) is 86.5 Å². The first kappa shape index (κ1) is 19.0. The Kier molecular flexibility index (Phi) is 4.96. The highest BCUT2D eigenvalue weighted by Crippen LogP contribution is 2.32. The molecule has 2 aromatic carbocycles. The number of aromatic nitrogens is 1. The van der Waals surface area contributed by atoms with Gasteiger partial charge in [-0.3, -0.25) is 14.9 Å². The fourth-order valence-corrected chi connectivity index (χ4v) is 3.87. The second kappa shape index (κ2) is 7.57. The molecule has 0 unspecified atom stereocenters. The van der Waals surface area contributed by atoms with Gasteiger partial charge in [0, 0.05) is 17.1 Å². The molecule has 0 aliphatic carbocycles. The Hall–Kier alpha value is -3.36. The van der Waals surface area contributed by atoms with Crippen molar-refractivity contribution in [1.29, 1.82) is 0 Å². The number of nitrogens with zero attached hydrogens (tertiary/aromatic N) is 2. The number of rotatable bonds is 4. The van der Waals surface area contributed by atoms with Crippen molar-refractivity contribution >= 4 is 51.1 Å². The number of benzene rings is 2. The van der Waals surface area contributed by atoms with Gasteiger partial charge in [0.15, 0.2) is 0 Å². The third-order valence-corrected chi connectivity index (χ3v) is 5.44. The Morgan fingerprint density at radius 2 is 1.93 bits per heavy atom. The zero-order valence-corrected chi connectivity index (χ0v) is 16.1. The number of nitro groups is 1. The van der Waals surface area contributed by atoms with E-state index in [0.717, 1.165) is 17.0 Å². The van der Waals surface area contributed by atoms with Gasteiger partial charge < -0.3 is 5.32 Å². The number of carbonyl (C=O) groups is 1. The lowest BCUT2D eigenvalue weighted by molar-refractivity contribution is -0.387. The molecule has 1 N–H and O–H groups in total. The second-order valence-corrected chi connectivity index (χ2v) is 7.77. The predicted octanol–water partition coefficient (Wildman–Crippen LogP) is 5.92. The van der Waals surface area contributed by atoms with E-state index in [4.69, 9.17) is 11.6 Å². The summed E-state index contributed by atoms with van der Waals surface area (Å²) in [5, 5.41) is 14.2. The smallest absolute Gasteiger partial charge is 0.306 e. The lowest BCUT2D eigenvalue weighted by atomic mass is 10.1. The summed E-state index contributed by atoms with van der Waals surface area (Å²) in [7, 11) is 0. The topological polar surface area (TPSA) is 85.1 Å². The second-order valence-electron chi connectivity index (χ2n) is 6.05. The highest BCUT2D eigenvalue weighted by Gasteiger charge is 2.18. The molecule has 0 spiro atoms. The Labute approximate surface area is 172 Å². The molecule has 2 heterocycles. The van der Waals surface area contributed by atoms with Crippen LogP contribution in [0.4, 0.5) is 15.8 Å². The molecule has 6 nitrogen and oxygen atoms in total. The van der Waals surface area contributed by atoms with Crippen LogP contribution in [0.2, 0.25) is 4.34 Å². The van der Waals surface area contributed by atoms with E-state index in [1.807, 2.05) is 12.1 Å². The minimum atomic E-state index is -0.973. The van der Waals surface area contributed by atoms with Crippen LogP contribution in [-0.2, 0) is 0 Å². The molecule has 4 rings (SSSR count). The first-order valence-electron chi connectivity index (χ1n) is 8.33. The molecular weight excluding hydrogens is 417 g/mol. The van der Waals surface area contributed by atoms with Crippen molar-refractivity contribution < 1.29 is 14.1 Å². The van der Waals surface area contributed by atoms with E-state index in [1.54, 1.807) is 30.3 Å². The summed E-state index contributed by atoms with van der Waals surface area (Å²) >= 11 is 7.35. The van der Waals surface area contributed by atoms with E-state index in [-0.39, 0.29) is 5.69 Å². The molecule has 29 heavy (non-hydrogen) atoms. The van der Waals surface area contributed by atoms with Gasteiger partial charge in [-0.25, -0.2) is 4.98 Å². The van der Waals surface area contributed by atoms with Crippen molar-refractivity contribution in [2.24, 2.45) is 0 Å². The standard InChI is InChI=1S/C20H11ClFN3O3S/c21-19-8-7-18(29-19)16-10-13(12-3-1-2-4-15(12)24-16)20(26)23-11-5-6-14(22)17(9-11)25(27)28/h1-10H,(H,23,26). The Balaban J connectivity index is 1.77. The van der Waals surface area contributed by atoms with Crippen LogP contribution in [0.5, 0.6) is 0 Å². The average molecular weight is 428 g/mol. The van der Waals surface area contributed by atoms with E-state index in [2.05, 4.69) is 10.3 Å². The maximum atomic E-state index is 13.6. The monoisotopic (exact) mass is 427 g/mol. The molecule has 0 saturated carbocycles. The van der Waals surface area contributed by atoms with Crippen LogP contribution in [0, 0.1) is 15.9 Å². The van der Waals surface area contributed by atoms with Gasteiger partial charge in [-0.1, -0.05) is 29.8 Å². The number of carbonyl (C=O) groups excluding carboxylic acids is 1. The number of amides is 1. The molecule has 9 heteroatoms. The molecule has 0 atom stereocenters. The molecule has 0 radical (unpaired) electrons. The van der Waals surface area contributed by atoms with E-state index in [0.29, 0.717) is 26.5 Å². The minimum Gasteiger partial charge on any atom is -0.322 e. The third kappa shape index (κ3) is 3.80. The van der Waals surface area contributed by atoms with Crippen LogP contribution in [-0.4, -0.2) is 15.8 Å². The third-order valence-electron chi connectivity index (χ3n) is 4.19. The summed E-state index contributed by atoms with van der Waals surface area (Å²) in [6.07, 6.45) is 0. The number of hydrogen-bond acceptors (Lipinski definition) is 5. The Morgan fingerprint density at radius 1 is 1.14 bits per heavy atom. The SMILES string of the molecule is O=C(Nc1ccc(F)c([N+](=O)[O-])c1)c1cc(-c2ccc(Cl)s2)nc2ccccc12. The zero-order chi connectivity index (χ0) is 20.5. The van der Waals surface area contributed by atoms with E-state index >= 15 is 0 Å². The van der Waals surface area contributed by atoms with Gasteiger partial charge in [-0.05, 0) is 36.4 Å². The molecular formula is C20H11ClFN3O3S. The zero-order valence-electron chi connectivity index (χ0n) is 14.6. The molecule has 0 saturated heterocycles. The summed E-state index contributed by atoms with van der Waals surface area (Å²) in [5.41, 5.74) is 0.934. The molecule has 0 bridgehead atoms. The fraction of sp³-hybridized carbons (Fsp3) is 0. The number of anilines is 1. The number of halogens is 2. The van der Waals surface area contributed by atoms with Crippen LogP contribution in [0.25, 0.3) is 21.5 Å². The molecule has 1 amide bonds. The van der Waals surface area contributed by atoms with Gasteiger partial charge in [0.2, 0.25) is 5.82 Å². The van der Waals surface area contributed by atoms with Gasteiger partial charge in [0.05, 0.1) is 30.9 Å². The number of hydrogen-bond donors (Lipinski definition) is 1. The van der Waals surface area contributed by atoms with Gasteiger partial charge in [0.1, 0.15) is 0 Å². The van der Waals surface area contributed by atoms with Crippen LogP contribution < -0.4 is 5.32 Å². The van der Waals surface area contributed by atoms with Crippen molar-refractivity contribution in [2.75, 3.05) is 5.32 Å². The van der Waals surface area contributed by atoms with Gasteiger partial charge >= 0.3 is 5.69 Å². The van der Waals surface area contributed by atoms with Crippen LogP contribution in [0.1, 0.15) is 10.4 Å². The Morgan fingerprint density at radius 3 is 2.66 bits per heavy atom. The maximum absolute atomic E-state index is 13.6. The summed E-state index contributed by atoms with van der Waals surface area (Å²) < 4.78 is 14.2. The molecule has 144 valence electrons. The van der Waals surface area contributed by atoms with Gasteiger partial charge in [0.25, 0.3) is 5.91 Å². The van der Waals surface area contributed by atoms with Gasteiger partial charge in [-0.2, -0.15) is 4.39 Å². The number of para-hydroxylation sites is 1. The number of nitro benzene ring substituents is 1. The normalized spacial score (nSPS) is 10.8. The largest absolute Gasteiger partial charge is 0.322 e. The van der Waals surface area contributed by atoms with Crippen LogP contribution in [0.3, 0.4) is 0 Å². The minimum absolute atomic E-state index is 0.115. The van der Waals surface area contributed by atoms with Crippen molar-refractivity contribution in [3.8, 4) is 10.6 Å². The van der Waals surface area contributed by atoms with E-state index in [9.17, 15) is 19.3 Å². The molecule has 0 fully saturated rings.